The number of carbonyl (C=O) groups is 1. The van der Waals surface area contributed by atoms with E-state index < -0.39 is 34.1 Å². The van der Waals surface area contributed by atoms with Gasteiger partial charge in [-0.2, -0.15) is 4.39 Å². The first kappa shape index (κ1) is 11.1. The summed E-state index contributed by atoms with van der Waals surface area (Å²) >= 11 is 0. The van der Waals surface area contributed by atoms with Gasteiger partial charge in [-0.1, -0.05) is 0 Å². The second kappa shape index (κ2) is 4.03. The number of halogens is 3. The number of nitro groups is 1. The summed E-state index contributed by atoms with van der Waals surface area (Å²) < 4.78 is 37.3. The molecule has 0 radical (unpaired) electrons. The summed E-state index contributed by atoms with van der Waals surface area (Å²) in [5.74, 6) is -1.56. The van der Waals surface area contributed by atoms with Crippen LogP contribution < -0.4 is 0 Å². The molecule has 0 unspecified atom stereocenters. The summed E-state index contributed by atoms with van der Waals surface area (Å²) in [4.78, 5) is 22.2. The van der Waals surface area contributed by atoms with Gasteiger partial charge in [0.1, 0.15) is 5.56 Å². The van der Waals surface area contributed by atoms with Crippen molar-refractivity contribution in [2.24, 2.45) is 0 Å². The van der Waals surface area contributed by atoms with Gasteiger partial charge in [-0.05, 0) is 0 Å². The van der Waals surface area contributed by atoms with Gasteiger partial charge in [-0.15, -0.1) is 0 Å². The van der Waals surface area contributed by atoms with Gasteiger partial charge in [0.25, 0.3) is 12.4 Å². The molecule has 0 aromatic carbocycles. The molecule has 0 saturated carbocycles. The van der Waals surface area contributed by atoms with Gasteiger partial charge in [0.2, 0.25) is 0 Å². The number of rotatable bonds is 3. The second-order valence-electron chi connectivity index (χ2n) is 2.44. The van der Waals surface area contributed by atoms with Crippen LogP contribution in [0, 0.1) is 16.1 Å². The number of aromatic nitrogens is 1. The third kappa shape index (κ3) is 1.92. The fourth-order valence-corrected chi connectivity index (χ4v) is 0.976. The number of aldehydes is 1. The fourth-order valence-electron chi connectivity index (χ4n) is 0.976. The zero-order valence-electron chi connectivity index (χ0n) is 6.99. The van der Waals surface area contributed by atoms with Crippen LogP contribution in [0.2, 0.25) is 0 Å². The Balaban J connectivity index is 3.54. The summed E-state index contributed by atoms with van der Waals surface area (Å²) in [6.45, 7) is 0. The zero-order valence-corrected chi connectivity index (χ0v) is 6.99. The fraction of sp³-hybridized carbons (Fsp3) is 0.143. The quantitative estimate of drug-likeness (QED) is 0.337. The molecule has 15 heavy (non-hydrogen) atoms. The highest BCUT2D eigenvalue weighted by atomic mass is 19.3. The third-order valence-corrected chi connectivity index (χ3v) is 1.61. The molecule has 8 heteroatoms. The predicted molar refractivity (Wildman–Crippen MR) is 41.2 cm³/mol. The summed E-state index contributed by atoms with van der Waals surface area (Å²) in [5, 5.41) is 10.3. The maximum atomic E-state index is 12.8. The largest absolute Gasteiger partial charge is 0.334 e. The summed E-state index contributed by atoms with van der Waals surface area (Å²) in [5.41, 5.74) is -3.27. The minimum atomic E-state index is -3.13. The first-order valence-corrected chi connectivity index (χ1v) is 3.55. The van der Waals surface area contributed by atoms with Crippen LogP contribution in [0.3, 0.4) is 0 Å². The molecule has 80 valence electrons. The van der Waals surface area contributed by atoms with E-state index in [0.717, 1.165) is 0 Å². The van der Waals surface area contributed by atoms with Gasteiger partial charge >= 0.3 is 5.69 Å². The molecule has 1 heterocycles. The molecule has 0 N–H and O–H groups in total. The first-order chi connectivity index (χ1) is 6.99. The molecule has 0 fully saturated rings. The van der Waals surface area contributed by atoms with Crippen molar-refractivity contribution in [1.82, 2.24) is 4.98 Å². The summed E-state index contributed by atoms with van der Waals surface area (Å²) in [7, 11) is 0. The van der Waals surface area contributed by atoms with Crippen molar-refractivity contribution in [3.8, 4) is 0 Å². The Morgan fingerprint density at radius 3 is 2.53 bits per heavy atom. The number of alkyl halides is 2. The average molecular weight is 220 g/mol. The van der Waals surface area contributed by atoms with Crippen LogP contribution in [0.25, 0.3) is 0 Å². The van der Waals surface area contributed by atoms with Crippen LogP contribution >= 0.6 is 0 Å². The van der Waals surface area contributed by atoms with Gasteiger partial charge in [-0.3, -0.25) is 14.9 Å². The highest BCUT2D eigenvalue weighted by Gasteiger charge is 2.27. The van der Waals surface area contributed by atoms with Crippen molar-refractivity contribution in [2.45, 2.75) is 6.43 Å². The lowest BCUT2D eigenvalue weighted by Gasteiger charge is -2.03. The molecule has 0 aliphatic carbocycles. The molecule has 0 atom stereocenters. The Hall–Kier alpha value is -1.99. The molecule has 0 aliphatic heterocycles. The molecule has 1 aromatic heterocycles. The lowest BCUT2D eigenvalue weighted by atomic mass is 10.1. The van der Waals surface area contributed by atoms with Gasteiger partial charge in [0.15, 0.2) is 6.29 Å². The van der Waals surface area contributed by atoms with E-state index in [-0.39, 0.29) is 6.29 Å². The molecule has 0 amide bonds. The van der Waals surface area contributed by atoms with Crippen molar-refractivity contribution in [1.29, 1.82) is 0 Å². The van der Waals surface area contributed by atoms with Crippen LogP contribution in [0.4, 0.5) is 18.9 Å². The topological polar surface area (TPSA) is 73.1 Å². The Kier molecular flexibility index (Phi) is 2.98. The number of hydrogen-bond donors (Lipinski definition) is 0. The Bertz CT molecular complexity index is 422. The van der Waals surface area contributed by atoms with Gasteiger partial charge < -0.3 is 0 Å². The van der Waals surface area contributed by atoms with E-state index in [2.05, 4.69) is 4.98 Å². The molecular formula is C7H3F3N2O3. The van der Waals surface area contributed by atoms with E-state index in [1.807, 2.05) is 0 Å². The van der Waals surface area contributed by atoms with Crippen LogP contribution in [0.1, 0.15) is 22.3 Å². The molecule has 0 aliphatic rings. The van der Waals surface area contributed by atoms with Crippen molar-refractivity contribution in [3.05, 3.63) is 33.4 Å². The lowest BCUT2D eigenvalue weighted by molar-refractivity contribution is -0.388. The average Bonchev–Trinajstić information content (AvgIpc) is 2.15. The summed E-state index contributed by atoms with van der Waals surface area (Å²) in [6.07, 6.45) is -2.92. The number of pyridine rings is 1. The van der Waals surface area contributed by atoms with E-state index >= 15 is 0 Å². The van der Waals surface area contributed by atoms with Crippen LogP contribution in [-0.2, 0) is 0 Å². The molecule has 0 saturated heterocycles. The molecule has 5 nitrogen and oxygen atoms in total. The smallest absolute Gasteiger partial charge is 0.298 e. The monoisotopic (exact) mass is 220 g/mol. The highest BCUT2D eigenvalue weighted by Crippen LogP contribution is 2.28. The Morgan fingerprint density at radius 1 is 1.53 bits per heavy atom. The van der Waals surface area contributed by atoms with Crippen molar-refractivity contribution >= 4 is 12.0 Å². The predicted octanol–water partition coefficient (Wildman–Crippen LogP) is 1.88. The van der Waals surface area contributed by atoms with Crippen molar-refractivity contribution in [2.75, 3.05) is 0 Å². The molecule has 1 aromatic rings. The zero-order chi connectivity index (χ0) is 11.6. The Labute approximate surface area is 80.7 Å². The number of nitrogens with zero attached hydrogens (tertiary/aromatic N) is 2. The van der Waals surface area contributed by atoms with Crippen LogP contribution in [0.5, 0.6) is 0 Å². The normalized spacial score (nSPS) is 10.4. The standard InChI is InChI=1S/C7H3F3N2O3/c8-6(9)3-1-11-7(10)5(12(14)15)4(3)2-13/h1-2,6H. The Morgan fingerprint density at radius 2 is 2.13 bits per heavy atom. The SMILES string of the molecule is O=Cc1c(C(F)F)cnc(F)c1[N+](=O)[O-]. The van der Waals surface area contributed by atoms with E-state index in [1.54, 1.807) is 0 Å². The minimum absolute atomic E-state index is 0.190. The van der Waals surface area contributed by atoms with Crippen LogP contribution in [-0.4, -0.2) is 16.2 Å². The summed E-state index contributed by atoms with van der Waals surface area (Å²) in [6, 6.07) is 0. The van der Waals surface area contributed by atoms with E-state index in [0.29, 0.717) is 6.20 Å². The van der Waals surface area contributed by atoms with E-state index in [9.17, 15) is 28.1 Å². The van der Waals surface area contributed by atoms with Gasteiger partial charge in [-0.25, -0.2) is 13.8 Å². The second-order valence-corrected chi connectivity index (χ2v) is 2.44. The number of carbonyl (C=O) groups excluding carboxylic acids is 1. The highest BCUT2D eigenvalue weighted by molar-refractivity contribution is 5.83. The minimum Gasteiger partial charge on any atom is -0.298 e. The molecule has 1 rings (SSSR count). The molecular weight excluding hydrogens is 217 g/mol. The lowest BCUT2D eigenvalue weighted by Crippen LogP contribution is -2.05. The maximum absolute atomic E-state index is 12.8. The van der Waals surface area contributed by atoms with Crippen molar-refractivity contribution < 1.29 is 22.9 Å². The van der Waals surface area contributed by atoms with Crippen LogP contribution in [0.15, 0.2) is 6.20 Å². The molecule has 0 bridgehead atoms. The van der Waals surface area contributed by atoms with Gasteiger partial charge in [0.05, 0.1) is 10.5 Å². The van der Waals surface area contributed by atoms with Gasteiger partial charge in [0, 0.05) is 6.20 Å². The number of hydrogen-bond acceptors (Lipinski definition) is 4. The van der Waals surface area contributed by atoms with E-state index in [4.69, 9.17) is 0 Å². The van der Waals surface area contributed by atoms with E-state index in [1.165, 1.54) is 0 Å². The third-order valence-electron chi connectivity index (χ3n) is 1.61. The molecule has 0 spiro atoms. The first-order valence-electron chi connectivity index (χ1n) is 3.55. The van der Waals surface area contributed by atoms with Crippen molar-refractivity contribution in [3.63, 3.8) is 0 Å². The maximum Gasteiger partial charge on any atom is 0.334 e.